The number of aromatic hydroxyl groups is 1. The van der Waals surface area contributed by atoms with Crippen LogP contribution in [-0.2, 0) is 9.59 Å². The third-order valence-corrected chi connectivity index (χ3v) is 6.19. The molecule has 1 aliphatic heterocycles. The van der Waals surface area contributed by atoms with Crippen molar-refractivity contribution in [2.24, 2.45) is 0 Å². The number of phenols is 1. The van der Waals surface area contributed by atoms with Gasteiger partial charge in [0.25, 0.3) is 0 Å². The molecule has 0 radical (unpaired) electrons. The van der Waals surface area contributed by atoms with Gasteiger partial charge >= 0.3 is 0 Å². The number of anilines is 2. The Morgan fingerprint density at radius 2 is 1.78 bits per heavy atom. The predicted octanol–water partition coefficient (Wildman–Crippen LogP) is 4.61. The van der Waals surface area contributed by atoms with Gasteiger partial charge in [-0.1, -0.05) is 29.4 Å². The Morgan fingerprint density at radius 1 is 1.09 bits per heavy atom. The first kappa shape index (κ1) is 20.1. The average Bonchev–Trinajstić information content (AvgIpc) is 3.13. The molecule has 0 bridgehead atoms. The van der Waals surface area contributed by atoms with Crippen molar-refractivity contribution < 1.29 is 19.2 Å². The minimum Gasteiger partial charge on any atom is -0.508 e. The summed E-state index contributed by atoms with van der Waals surface area (Å²) in [5.41, 5.74) is 5.85. The van der Waals surface area contributed by atoms with Crippen molar-refractivity contribution in [1.29, 1.82) is 0 Å². The summed E-state index contributed by atoms with van der Waals surface area (Å²) in [6.07, 6.45) is 1.05. The Morgan fingerprint density at radius 3 is 2.47 bits per heavy atom. The van der Waals surface area contributed by atoms with Crippen LogP contribution in [0.4, 0.5) is 11.6 Å². The molecule has 1 aromatic heterocycles. The molecule has 7 nitrogen and oxygen atoms in total. The summed E-state index contributed by atoms with van der Waals surface area (Å²) < 4.78 is 5.56. The summed E-state index contributed by atoms with van der Waals surface area (Å²) in [6, 6.07) is 14.6. The molecule has 3 N–H and O–H groups in total. The molecule has 1 aliphatic carbocycles. The second kappa shape index (κ2) is 7.67. The second-order valence-electron chi connectivity index (χ2n) is 8.38. The van der Waals surface area contributed by atoms with E-state index in [-0.39, 0.29) is 29.3 Å². The summed E-state index contributed by atoms with van der Waals surface area (Å²) in [4.78, 5) is 24.8. The number of benzene rings is 2. The van der Waals surface area contributed by atoms with Gasteiger partial charge in [0, 0.05) is 36.2 Å². The number of carbonyl (C=O) groups is 2. The molecule has 32 heavy (non-hydrogen) atoms. The molecule has 0 fully saturated rings. The number of rotatable bonds is 3. The fraction of sp³-hybridized carbons (Fsp3) is 0.240. The highest BCUT2D eigenvalue weighted by Gasteiger charge is 2.41. The molecular formula is C25H23N3O4. The maximum Gasteiger partial charge on any atom is 0.233 e. The standard InChI is InChI=1S/C25H23N3O4/c1-13-22-23(16-3-7-18(8-4-16)26-14(2)29)24-20(27-25(22)32-28-13)11-17(12-21(24)31)15-5-9-19(30)10-6-15/h3-10,17,23,27,30H,11-12H2,1-2H3,(H,26,29)/t17-,23-/m0/s1. The number of amides is 1. The smallest absolute Gasteiger partial charge is 0.233 e. The Bertz CT molecular complexity index is 1240. The molecule has 0 saturated carbocycles. The number of nitrogens with one attached hydrogen (secondary N) is 2. The van der Waals surface area contributed by atoms with Crippen LogP contribution in [-0.4, -0.2) is 22.0 Å². The fourth-order valence-corrected chi connectivity index (χ4v) is 4.75. The molecule has 0 saturated heterocycles. The summed E-state index contributed by atoms with van der Waals surface area (Å²) in [7, 11) is 0. The van der Waals surface area contributed by atoms with Crippen LogP contribution in [0, 0.1) is 6.92 Å². The van der Waals surface area contributed by atoms with Gasteiger partial charge in [-0.25, -0.2) is 0 Å². The first-order chi connectivity index (χ1) is 15.4. The molecule has 162 valence electrons. The van der Waals surface area contributed by atoms with Crippen molar-refractivity contribution in [2.75, 3.05) is 10.6 Å². The Balaban J connectivity index is 1.56. The maximum absolute atomic E-state index is 13.5. The van der Waals surface area contributed by atoms with Crippen molar-refractivity contribution in [3.8, 4) is 5.75 Å². The monoisotopic (exact) mass is 429 g/mol. The maximum atomic E-state index is 13.5. The zero-order chi connectivity index (χ0) is 22.4. The number of hydrogen-bond donors (Lipinski definition) is 3. The number of Topliss-reactive ketones (excluding diaryl/α,β-unsaturated/α-hetero) is 1. The predicted molar refractivity (Wildman–Crippen MR) is 120 cm³/mol. The summed E-state index contributed by atoms with van der Waals surface area (Å²) in [5.74, 6) is 0.450. The van der Waals surface area contributed by atoms with Gasteiger partial charge < -0.3 is 20.3 Å². The van der Waals surface area contributed by atoms with E-state index in [0.29, 0.717) is 24.4 Å². The largest absolute Gasteiger partial charge is 0.508 e. The van der Waals surface area contributed by atoms with E-state index in [9.17, 15) is 14.7 Å². The van der Waals surface area contributed by atoms with E-state index < -0.39 is 0 Å². The van der Waals surface area contributed by atoms with Gasteiger partial charge in [0.1, 0.15) is 5.75 Å². The van der Waals surface area contributed by atoms with E-state index in [2.05, 4.69) is 15.8 Å². The number of aryl methyl sites for hydroxylation is 1. The van der Waals surface area contributed by atoms with E-state index in [0.717, 1.165) is 33.7 Å². The topological polar surface area (TPSA) is 104 Å². The number of fused-ring (bicyclic) bond motifs is 1. The van der Waals surface area contributed by atoms with E-state index in [1.807, 2.05) is 43.3 Å². The molecule has 2 aliphatic rings. The molecule has 1 amide bonds. The van der Waals surface area contributed by atoms with Crippen molar-refractivity contribution >= 4 is 23.3 Å². The van der Waals surface area contributed by atoms with Crippen LogP contribution in [0.25, 0.3) is 0 Å². The number of allylic oxidation sites excluding steroid dienone is 2. The summed E-state index contributed by atoms with van der Waals surface area (Å²) in [5, 5.41) is 19.8. The van der Waals surface area contributed by atoms with Gasteiger partial charge in [-0.05, 0) is 54.7 Å². The zero-order valence-electron chi connectivity index (χ0n) is 17.8. The van der Waals surface area contributed by atoms with E-state index in [1.165, 1.54) is 6.92 Å². The molecule has 0 unspecified atom stereocenters. The molecular weight excluding hydrogens is 406 g/mol. The van der Waals surface area contributed by atoms with Gasteiger partial charge in [0.05, 0.1) is 11.3 Å². The lowest BCUT2D eigenvalue weighted by Gasteiger charge is -2.34. The van der Waals surface area contributed by atoms with Gasteiger partial charge in [-0.3, -0.25) is 9.59 Å². The number of aromatic nitrogens is 1. The van der Waals surface area contributed by atoms with Crippen molar-refractivity contribution in [2.45, 2.75) is 38.5 Å². The van der Waals surface area contributed by atoms with Gasteiger partial charge in [0.2, 0.25) is 11.8 Å². The second-order valence-corrected chi connectivity index (χ2v) is 8.38. The van der Waals surface area contributed by atoms with E-state index >= 15 is 0 Å². The van der Waals surface area contributed by atoms with Gasteiger partial charge in [0.15, 0.2) is 5.78 Å². The van der Waals surface area contributed by atoms with Crippen LogP contribution in [0.2, 0.25) is 0 Å². The lowest BCUT2D eigenvalue weighted by atomic mass is 9.72. The minimum absolute atomic E-state index is 0.0164. The molecule has 5 rings (SSSR count). The SMILES string of the molecule is CC(=O)Nc1ccc([C@@H]2C3=C(C[C@H](c4ccc(O)cc4)CC3=O)Nc3onc(C)c32)cc1. The van der Waals surface area contributed by atoms with Crippen molar-refractivity contribution in [1.82, 2.24) is 5.16 Å². The van der Waals surface area contributed by atoms with Crippen molar-refractivity contribution in [3.63, 3.8) is 0 Å². The fourth-order valence-electron chi connectivity index (χ4n) is 4.75. The Hall–Kier alpha value is -3.87. The molecule has 2 heterocycles. The van der Waals surface area contributed by atoms with Gasteiger partial charge in [-0.15, -0.1) is 0 Å². The van der Waals surface area contributed by atoms with Crippen LogP contribution in [0.1, 0.15) is 54.0 Å². The van der Waals surface area contributed by atoms with Crippen LogP contribution >= 0.6 is 0 Å². The molecule has 2 aromatic carbocycles. The number of ketones is 1. The summed E-state index contributed by atoms with van der Waals surface area (Å²) in [6.45, 7) is 3.34. The third kappa shape index (κ3) is 3.45. The molecule has 0 spiro atoms. The minimum atomic E-state index is -0.285. The highest BCUT2D eigenvalue weighted by molar-refractivity contribution is 6.01. The molecule has 7 heteroatoms. The number of phenolic OH excluding ortho intramolecular Hbond substituents is 1. The summed E-state index contributed by atoms with van der Waals surface area (Å²) >= 11 is 0. The highest BCUT2D eigenvalue weighted by Crippen LogP contribution is 2.49. The number of hydrogen-bond acceptors (Lipinski definition) is 6. The zero-order valence-corrected chi connectivity index (χ0v) is 17.8. The molecule has 3 aromatic rings. The van der Waals surface area contributed by atoms with Crippen LogP contribution in [0.5, 0.6) is 5.75 Å². The third-order valence-electron chi connectivity index (χ3n) is 6.19. The first-order valence-electron chi connectivity index (χ1n) is 10.6. The first-order valence-corrected chi connectivity index (χ1v) is 10.6. The normalized spacial score (nSPS) is 19.8. The Labute approximate surface area is 185 Å². The number of nitrogens with zero attached hydrogens (tertiary/aromatic N) is 1. The quantitative estimate of drug-likeness (QED) is 0.562. The van der Waals surface area contributed by atoms with Crippen LogP contribution in [0.15, 0.2) is 64.3 Å². The van der Waals surface area contributed by atoms with E-state index in [4.69, 9.17) is 4.52 Å². The highest BCUT2D eigenvalue weighted by atomic mass is 16.5. The van der Waals surface area contributed by atoms with Gasteiger partial charge in [-0.2, -0.15) is 0 Å². The molecule has 2 atom stereocenters. The van der Waals surface area contributed by atoms with E-state index in [1.54, 1.807) is 12.1 Å². The lowest BCUT2D eigenvalue weighted by molar-refractivity contribution is -0.116. The lowest BCUT2D eigenvalue weighted by Crippen LogP contribution is -2.29. The van der Waals surface area contributed by atoms with Crippen molar-refractivity contribution in [3.05, 3.63) is 82.2 Å². The van der Waals surface area contributed by atoms with Crippen LogP contribution < -0.4 is 10.6 Å². The average molecular weight is 429 g/mol. The Kier molecular flexibility index (Phi) is 4.81. The number of carbonyl (C=O) groups excluding carboxylic acids is 2. The van der Waals surface area contributed by atoms with Crippen LogP contribution in [0.3, 0.4) is 0 Å².